The van der Waals surface area contributed by atoms with Crippen LogP contribution >= 0.6 is 0 Å². The molecule has 17 heavy (non-hydrogen) atoms. The van der Waals surface area contributed by atoms with Crippen molar-refractivity contribution >= 4 is 0 Å². The fourth-order valence-corrected chi connectivity index (χ4v) is 2.94. The van der Waals surface area contributed by atoms with Gasteiger partial charge in [-0.2, -0.15) is 0 Å². The number of morpholine rings is 1. The topological polar surface area (TPSA) is 12.5 Å². The maximum Gasteiger partial charge on any atom is 0.0594 e. The number of hydrogen-bond acceptors (Lipinski definition) is 2. The highest BCUT2D eigenvalue weighted by Gasteiger charge is 2.19. The fraction of sp³-hybridized carbons (Fsp3) is 0.600. The number of hydrogen-bond donors (Lipinski definition) is 0. The van der Waals surface area contributed by atoms with Gasteiger partial charge in [0.1, 0.15) is 0 Å². The highest BCUT2D eigenvalue weighted by atomic mass is 16.5. The van der Waals surface area contributed by atoms with Crippen LogP contribution in [0.25, 0.3) is 0 Å². The summed E-state index contributed by atoms with van der Waals surface area (Å²) in [6, 6.07) is 0. The molecule has 3 rings (SSSR count). The maximum atomic E-state index is 5.38. The molecule has 1 heterocycles. The van der Waals surface area contributed by atoms with Gasteiger partial charge in [-0.15, -0.1) is 0 Å². The molecular weight excluding hydrogens is 210 g/mol. The zero-order valence-electron chi connectivity index (χ0n) is 10.5. The Balaban J connectivity index is 1.55. The first-order valence-electron chi connectivity index (χ1n) is 6.82. The van der Waals surface area contributed by atoms with Crippen LogP contribution in [0.3, 0.4) is 0 Å². The molecule has 0 amide bonds. The largest absolute Gasteiger partial charge is 0.379 e. The van der Waals surface area contributed by atoms with E-state index in [4.69, 9.17) is 4.74 Å². The SMILES string of the molecule is C1=C2CC=C(CCN3CCOCC3)C2=CCC1. The zero-order chi connectivity index (χ0) is 11.5. The van der Waals surface area contributed by atoms with Gasteiger partial charge in [0, 0.05) is 19.6 Å². The Morgan fingerprint density at radius 3 is 2.76 bits per heavy atom. The van der Waals surface area contributed by atoms with E-state index < -0.39 is 0 Å². The minimum atomic E-state index is 0.910. The summed E-state index contributed by atoms with van der Waals surface area (Å²) in [4.78, 5) is 2.52. The summed E-state index contributed by atoms with van der Waals surface area (Å²) in [5.41, 5.74) is 4.72. The van der Waals surface area contributed by atoms with Crippen molar-refractivity contribution in [1.82, 2.24) is 4.90 Å². The zero-order valence-corrected chi connectivity index (χ0v) is 10.5. The van der Waals surface area contributed by atoms with Crippen molar-refractivity contribution < 1.29 is 4.74 Å². The molecule has 0 spiro atoms. The quantitative estimate of drug-likeness (QED) is 0.740. The van der Waals surface area contributed by atoms with E-state index in [1.165, 1.54) is 32.2 Å². The van der Waals surface area contributed by atoms with Crippen molar-refractivity contribution in [3.8, 4) is 0 Å². The van der Waals surface area contributed by atoms with E-state index in [0.29, 0.717) is 0 Å². The van der Waals surface area contributed by atoms with E-state index in [2.05, 4.69) is 23.1 Å². The van der Waals surface area contributed by atoms with E-state index in [-0.39, 0.29) is 0 Å². The molecule has 0 atom stereocenters. The number of nitrogens with zero attached hydrogens (tertiary/aromatic N) is 1. The normalized spacial score (nSPS) is 25.1. The van der Waals surface area contributed by atoms with Gasteiger partial charge in [0.15, 0.2) is 0 Å². The Kier molecular flexibility index (Phi) is 3.44. The molecule has 0 radical (unpaired) electrons. The molecular formula is C15H21NO. The van der Waals surface area contributed by atoms with Gasteiger partial charge in [0.2, 0.25) is 0 Å². The summed E-state index contributed by atoms with van der Waals surface area (Å²) in [6.45, 7) is 5.23. The third kappa shape index (κ3) is 2.53. The minimum Gasteiger partial charge on any atom is -0.379 e. The van der Waals surface area contributed by atoms with Gasteiger partial charge in [-0.25, -0.2) is 0 Å². The molecule has 3 aliphatic rings. The number of ether oxygens (including phenoxy) is 1. The number of rotatable bonds is 3. The van der Waals surface area contributed by atoms with Gasteiger partial charge in [-0.1, -0.05) is 18.2 Å². The average molecular weight is 231 g/mol. The Labute approximate surface area is 104 Å². The first kappa shape index (κ1) is 11.2. The second-order valence-corrected chi connectivity index (χ2v) is 5.06. The van der Waals surface area contributed by atoms with Gasteiger partial charge in [-0.05, 0) is 42.4 Å². The van der Waals surface area contributed by atoms with E-state index in [0.717, 1.165) is 26.3 Å². The summed E-state index contributed by atoms with van der Waals surface area (Å²) in [5, 5.41) is 0. The highest BCUT2D eigenvalue weighted by Crippen LogP contribution is 2.35. The molecule has 0 unspecified atom stereocenters. The summed E-state index contributed by atoms with van der Waals surface area (Å²) in [5.74, 6) is 0. The lowest BCUT2D eigenvalue weighted by Gasteiger charge is -2.27. The monoisotopic (exact) mass is 231 g/mol. The summed E-state index contributed by atoms with van der Waals surface area (Å²) >= 11 is 0. The van der Waals surface area contributed by atoms with Crippen molar-refractivity contribution in [3.05, 3.63) is 34.9 Å². The highest BCUT2D eigenvalue weighted by molar-refractivity contribution is 5.54. The molecule has 0 aromatic rings. The smallest absolute Gasteiger partial charge is 0.0594 e. The van der Waals surface area contributed by atoms with Crippen LogP contribution in [-0.4, -0.2) is 37.7 Å². The van der Waals surface area contributed by atoms with Gasteiger partial charge in [0.05, 0.1) is 13.2 Å². The third-order valence-corrected chi connectivity index (χ3v) is 3.97. The van der Waals surface area contributed by atoms with Crippen LogP contribution in [0.2, 0.25) is 0 Å². The molecule has 0 saturated carbocycles. The Hall–Kier alpha value is -0.860. The van der Waals surface area contributed by atoms with Crippen LogP contribution in [0.1, 0.15) is 25.7 Å². The molecule has 1 aliphatic heterocycles. The van der Waals surface area contributed by atoms with Gasteiger partial charge >= 0.3 is 0 Å². The molecule has 2 heteroatoms. The van der Waals surface area contributed by atoms with Crippen molar-refractivity contribution in [3.63, 3.8) is 0 Å². The molecule has 0 N–H and O–H groups in total. The number of fused-ring (bicyclic) bond motifs is 1. The lowest BCUT2D eigenvalue weighted by atomic mass is 9.95. The summed E-state index contributed by atoms with van der Waals surface area (Å²) in [6.07, 6.45) is 12.1. The Morgan fingerprint density at radius 1 is 1.06 bits per heavy atom. The summed E-state index contributed by atoms with van der Waals surface area (Å²) < 4.78 is 5.38. The third-order valence-electron chi connectivity index (χ3n) is 3.97. The lowest BCUT2D eigenvalue weighted by Crippen LogP contribution is -2.36. The second kappa shape index (κ2) is 5.19. The predicted octanol–water partition coefficient (Wildman–Crippen LogP) is 2.69. The van der Waals surface area contributed by atoms with Crippen LogP contribution in [-0.2, 0) is 4.74 Å². The molecule has 92 valence electrons. The van der Waals surface area contributed by atoms with Crippen molar-refractivity contribution in [2.45, 2.75) is 25.7 Å². The molecule has 0 aromatic heterocycles. The maximum absolute atomic E-state index is 5.38. The standard InChI is InChI=1S/C15H21NO/c1-2-4-15-13(3-1)5-6-14(15)7-8-16-9-11-17-12-10-16/h3-4,6H,1-2,5,7-12H2. The van der Waals surface area contributed by atoms with Crippen LogP contribution in [0.4, 0.5) is 0 Å². The molecule has 1 saturated heterocycles. The van der Waals surface area contributed by atoms with Crippen molar-refractivity contribution in [1.29, 1.82) is 0 Å². The lowest BCUT2D eigenvalue weighted by molar-refractivity contribution is 0.0385. The molecule has 1 fully saturated rings. The summed E-state index contributed by atoms with van der Waals surface area (Å²) in [7, 11) is 0. The molecule has 0 aromatic carbocycles. The van der Waals surface area contributed by atoms with Crippen LogP contribution in [0.5, 0.6) is 0 Å². The van der Waals surface area contributed by atoms with Crippen LogP contribution < -0.4 is 0 Å². The van der Waals surface area contributed by atoms with Crippen molar-refractivity contribution in [2.24, 2.45) is 0 Å². The minimum absolute atomic E-state index is 0.910. The van der Waals surface area contributed by atoms with Gasteiger partial charge in [0.25, 0.3) is 0 Å². The van der Waals surface area contributed by atoms with E-state index in [1.807, 2.05) is 0 Å². The Morgan fingerprint density at radius 2 is 1.88 bits per heavy atom. The van der Waals surface area contributed by atoms with Gasteiger partial charge < -0.3 is 4.74 Å². The van der Waals surface area contributed by atoms with E-state index in [1.54, 1.807) is 16.7 Å². The molecule has 2 nitrogen and oxygen atoms in total. The van der Waals surface area contributed by atoms with Crippen LogP contribution in [0, 0.1) is 0 Å². The first-order chi connectivity index (χ1) is 8.43. The van der Waals surface area contributed by atoms with E-state index >= 15 is 0 Å². The van der Waals surface area contributed by atoms with Crippen LogP contribution in [0.15, 0.2) is 34.9 Å². The molecule has 2 aliphatic carbocycles. The van der Waals surface area contributed by atoms with Gasteiger partial charge in [-0.3, -0.25) is 4.90 Å². The second-order valence-electron chi connectivity index (χ2n) is 5.06. The number of allylic oxidation sites excluding steroid dienone is 5. The Bertz CT molecular complexity index is 372. The van der Waals surface area contributed by atoms with E-state index in [9.17, 15) is 0 Å². The fourth-order valence-electron chi connectivity index (χ4n) is 2.94. The average Bonchev–Trinajstić information content (AvgIpc) is 2.81. The first-order valence-corrected chi connectivity index (χ1v) is 6.82. The van der Waals surface area contributed by atoms with Crippen molar-refractivity contribution in [2.75, 3.05) is 32.8 Å². The predicted molar refractivity (Wildman–Crippen MR) is 70.0 cm³/mol. The molecule has 0 bridgehead atoms.